The van der Waals surface area contributed by atoms with Gasteiger partial charge in [0.1, 0.15) is 0 Å². The van der Waals surface area contributed by atoms with Crippen LogP contribution < -0.4 is 0 Å². The first-order chi connectivity index (χ1) is 7.99. The van der Waals surface area contributed by atoms with Crippen LogP contribution in [0.5, 0.6) is 0 Å². The average Bonchev–Trinajstić information content (AvgIpc) is 2.62. The number of thiophene rings is 1. The minimum Gasteiger partial charge on any atom is -0.288 e. The first kappa shape index (κ1) is 13.3. The second kappa shape index (κ2) is 5.22. The van der Waals surface area contributed by atoms with Gasteiger partial charge in [-0.15, -0.1) is 11.3 Å². The molecule has 2 rings (SSSR count). The lowest BCUT2D eigenvalue weighted by Crippen LogP contribution is -1.99. The number of rotatable bonds is 2. The van der Waals surface area contributed by atoms with Crippen molar-refractivity contribution < 1.29 is 4.79 Å². The molecule has 0 radical (unpaired) electrons. The second-order valence-corrected chi connectivity index (χ2v) is 6.94. The van der Waals surface area contributed by atoms with Crippen molar-refractivity contribution in [1.29, 1.82) is 0 Å². The number of carbonyl (C=O) groups is 1. The van der Waals surface area contributed by atoms with E-state index in [1.165, 1.54) is 11.3 Å². The summed E-state index contributed by atoms with van der Waals surface area (Å²) >= 11 is 14.0. The van der Waals surface area contributed by atoms with Gasteiger partial charge < -0.3 is 0 Å². The molecule has 0 amide bonds. The minimum atomic E-state index is -0.0156. The van der Waals surface area contributed by atoms with Crippen molar-refractivity contribution >= 4 is 60.6 Å². The van der Waals surface area contributed by atoms with E-state index in [9.17, 15) is 4.79 Å². The van der Waals surface area contributed by atoms with E-state index in [0.717, 1.165) is 14.5 Å². The molecule has 1 heterocycles. The third kappa shape index (κ3) is 2.81. The molecule has 0 saturated heterocycles. The number of benzene rings is 1. The molecule has 0 aliphatic carbocycles. The van der Waals surface area contributed by atoms with Crippen LogP contribution in [0.1, 0.15) is 20.8 Å². The molecule has 88 valence electrons. The van der Waals surface area contributed by atoms with Crippen molar-refractivity contribution in [2.24, 2.45) is 0 Å². The maximum absolute atomic E-state index is 12.3. The molecule has 0 atom stereocenters. The Balaban J connectivity index is 2.47. The van der Waals surface area contributed by atoms with E-state index in [2.05, 4.69) is 31.9 Å². The highest BCUT2D eigenvalue weighted by Gasteiger charge is 2.16. The van der Waals surface area contributed by atoms with Crippen LogP contribution in [-0.4, -0.2) is 5.78 Å². The summed E-state index contributed by atoms with van der Waals surface area (Å²) in [5.41, 5.74) is 1.57. The summed E-state index contributed by atoms with van der Waals surface area (Å²) in [6.45, 7) is 1.89. The average molecular weight is 395 g/mol. The molecule has 2 aromatic rings. The fourth-order valence-electron chi connectivity index (χ4n) is 1.38. The molecule has 1 aromatic heterocycles. The Morgan fingerprint density at radius 1 is 1.29 bits per heavy atom. The van der Waals surface area contributed by atoms with Gasteiger partial charge in [0, 0.05) is 14.5 Å². The van der Waals surface area contributed by atoms with E-state index in [0.29, 0.717) is 14.8 Å². The Hall–Kier alpha value is -0.160. The van der Waals surface area contributed by atoms with Gasteiger partial charge in [0.05, 0.1) is 9.21 Å². The minimum absolute atomic E-state index is 0.0156. The van der Waals surface area contributed by atoms with E-state index in [1.807, 2.05) is 25.1 Å². The normalized spacial score (nSPS) is 10.6. The van der Waals surface area contributed by atoms with Crippen molar-refractivity contribution in [1.82, 2.24) is 0 Å². The Kier molecular flexibility index (Phi) is 4.08. The molecule has 17 heavy (non-hydrogen) atoms. The highest BCUT2D eigenvalue weighted by atomic mass is 79.9. The summed E-state index contributed by atoms with van der Waals surface area (Å²) in [7, 11) is 0. The maximum Gasteiger partial charge on any atom is 0.204 e. The van der Waals surface area contributed by atoms with Gasteiger partial charge in [0.25, 0.3) is 0 Å². The van der Waals surface area contributed by atoms with Gasteiger partial charge in [-0.1, -0.05) is 43.5 Å². The van der Waals surface area contributed by atoms with Gasteiger partial charge in [-0.05, 0) is 36.8 Å². The monoisotopic (exact) mass is 392 g/mol. The summed E-state index contributed by atoms with van der Waals surface area (Å²) in [5, 5.41) is 0. The molecule has 0 N–H and O–H groups in total. The molecule has 0 aliphatic heterocycles. The fourth-order valence-corrected chi connectivity index (χ4v) is 3.32. The molecule has 0 fully saturated rings. The van der Waals surface area contributed by atoms with Crippen LogP contribution >= 0.6 is 54.8 Å². The van der Waals surface area contributed by atoms with E-state index in [4.69, 9.17) is 11.6 Å². The van der Waals surface area contributed by atoms with E-state index in [1.54, 1.807) is 6.07 Å². The van der Waals surface area contributed by atoms with Gasteiger partial charge in [-0.2, -0.15) is 0 Å². The molecule has 0 aliphatic rings. The summed E-state index contributed by atoms with van der Waals surface area (Å²) in [6.07, 6.45) is 0. The largest absolute Gasteiger partial charge is 0.288 e. The lowest BCUT2D eigenvalue weighted by molar-refractivity contribution is 0.104. The van der Waals surface area contributed by atoms with Gasteiger partial charge in [0.15, 0.2) is 0 Å². The van der Waals surface area contributed by atoms with Crippen LogP contribution in [0.4, 0.5) is 0 Å². The number of ketones is 1. The molecule has 0 spiro atoms. The predicted octanol–water partition coefficient (Wildman–Crippen LogP) is 5.47. The number of halogens is 3. The summed E-state index contributed by atoms with van der Waals surface area (Å²) < 4.78 is 2.33. The Labute approximate surface area is 125 Å². The lowest BCUT2D eigenvalue weighted by Gasteiger charge is -2.02. The van der Waals surface area contributed by atoms with Crippen molar-refractivity contribution in [2.45, 2.75) is 6.92 Å². The number of carbonyl (C=O) groups excluding carboxylic acids is 1. The molecule has 1 nitrogen and oxygen atoms in total. The van der Waals surface area contributed by atoms with E-state index >= 15 is 0 Å². The number of aryl methyl sites for hydroxylation is 1. The molecule has 5 heteroatoms. The second-order valence-electron chi connectivity index (χ2n) is 3.52. The SMILES string of the molecule is Cc1cc(C(=O)c2cc(Br)ccc2Br)sc1Cl. The summed E-state index contributed by atoms with van der Waals surface area (Å²) in [6, 6.07) is 7.35. The van der Waals surface area contributed by atoms with Crippen LogP contribution in [0.15, 0.2) is 33.2 Å². The van der Waals surface area contributed by atoms with Crippen LogP contribution in [0, 0.1) is 6.92 Å². The Morgan fingerprint density at radius 3 is 2.59 bits per heavy atom. The molecule has 0 saturated carbocycles. The molecular weight excluding hydrogens is 387 g/mol. The smallest absolute Gasteiger partial charge is 0.204 e. The molecular formula is C12H7Br2ClOS. The lowest BCUT2D eigenvalue weighted by atomic mass is 10.1. The summed E-state index contributed by atoms with van der Waals surface area (Å²) in [4.78, 5) is 12.9. The summed E-state index contributed by atoms with van der Waals surface area (Å²) in [5.74, 6) is -0.0156. The zero-order valence-corrected chi connectivity index (χ0v) is 13.5. The van der Waals surface area contributed by atoms with Crippen LogP contribution in [0.25, 0.3) is 0 Å². The van der Waals surface area contributed by atoms with E-state index in [-0.39, 0.29) is 5.78 Å². The van der Waals surface area contributed by atoms with Gasteiger partial charge in [0.2, 0.25) is 5.78 Å². The molecule has 1 aromatic carbocycles. The van der Waals surface area contributed by atoms with E-state index < -0.39 is 0 Å². The zero-order valence-electron chi connectivity index (χ0n) is 8.76. The number of hydrogen-bond acceptors (Lipinski definition) is 2. The molecule has 0 bridgehead atoms. The van der Waals surface area contributed by atoms with Gasteiger partial charge in [-0.25, -0.2) is 0 Å². The van der Waals surface area contributed by atoms with Crippen LogP contribution in [0.2, 0.25) is 4.34 Å². The Bertz CT molecular complexity index is 573. The predicted molar refractivity (Wildman–Crippen MR) is 79.3 cm³/mol. The fraction of sp³-hybridized carbons (Fsp3) is 0.0833. The molecule has 0 unspecified atom stereocenters. The van der Waals surface area contributed by atoms with Crippen molar-refractivity contribution in [2.75, 3.05) is 0 Å². The standard InChI is InChI=1S/C12H7Br2ClOS/c1-6-4-10(17-12(6)15)11(16)8-5-7(13)2-3-9(8)14/h2-5H,1H3. The van der Waals surface area contributed by atoms with Crippen molar-refractivity contribution in [3.63, 3.8) is 0 Å². The Morgan fingerprint density at radius 2 is 2.00 bits per heavy atom. The van der Waals surface area contributed by atoms with Crippen molar-refractivity contribution in [3.8, 4) is 0 Å². The first-order valence-corrected chi connectivity index (χ1v) is 7.53. The quantitative estimate of drug-likeness (QED) is 0.618. The highest BCUT2D eigenvalue weighted by molar-refractivity contribution is 9.11. The van der Waals surface area contributed by atoms with Crippen LogP contribution in [0.3, 0.4) is 0 Å². The van der Waals surface area contributed by atoms with Gasteiger partial charge in [-0.3, -0.25) is 4.79 Å². The highest BCUT2D eigenvalue weighted by Crippen LogP contribution is 2.31. The van der Waals surface area contributed by atoms with Crippen LogP contribution in [-0.2, 0) is 0 Å². The first-order valence-electron chi connectivity index (χ1n) is 4.74. The zero-order chi connectivity index (χ0) is 12.6. The third-order valence-corrected chi connectivity index (χ3v) is 4.99. The third-order valence-electron chi connectivity index (χ3n) is 2.25. The number of hydrogen-bond donors (Lipinski definition) is 0. The topological polar surface area (TPSA) is 17.1 Å². The van der Waals surface area contributed by atoms with Crippen molar-refractivity contribution in [3.05, 3.63) is 53.6 Å². The van der Waals surface area contributed by atoms with Gasteiger partial charge >= 0.3 is 0 Å². The maximum atomic E-state index is 12.3.